The molecule has 2 aliphatic rings. The van der Waals surface area contributed by atoms with Crippen molar-refractivity contribution < 1.29 is 18.0 Å². The van der Waals surface area contributed by atoms with E-state index in [1.165, 1.54) is 6.07 Å². The molecule has 1 aromatic heterocycles. The van der Waals surface area contributed by atoms with Crippen molar-refractivity contribution in [2.45, 2.75) is 25.2 Å². The van der Waals surface area contributed by atoms with Crippen LogP contribution in [-0.2, 0) is 23.9 Å². The highest BCUT2D eigenvalue weighted by Gasteiger charge is 2.42. The Morgan fingerprint density at radius 3 is 2.56 bits per heavy atom. The zero-order chi connectivity index (χ0) is 23.7. The summed E-state index contributed by atoms with van der Waals surface area (Å²) in [5.41, 5.74) is 2.49. The summed E-state index contributed by atoms with van der Waals surface area (Å²) in [4.78, 5) is 22.0. The van der Waals surface area contributed by atoms with Gasteiger partial charge in [0.15, 0.2) is 0 Å². The highest BCUT2D eigenvalue weighted by atomic mass is 19.4. The van der Waals surface area contributed by atoms with Crippen LogP contribution in [0.2, 0.25) is 0 Å². The van der Waals surface area contributed by atoms with E-state index in [-0.39, 0.29) is 24.9 Å². The lowest BCUT2D eigenvalue weighted by molar-refractivity contribution is -0.137. The molecule has 0 unspecified atom stereocenters. The highest BCUT2D eigenvalue weighted by molar-refractivity contribution is 5.82. The van der Waals surface area contributed by atoms with E-state index in [4.69, 9.17) is 0 Å². The van der Waals surface area contributed by atoms with Gasteiger partial charge in [0.25, 0.3) is 0 Å². The van der Waals surface area contributed by atoms with E-state index in [1.54, 1.807) is 18.3 Å². The van der Waals surface area contributed by atoms with Crippen LogP contribution in [0.4, 0.5) is 24.5 Å². The van der Waals surface area contributed by atoms with Gasteiger partial charge >= 0.3 is 6.18 Å². The molecule has 8 heteroatoms. The molecule has 1 saturated heterocycles. The molecule has 3 heterocycles. The van der Waals surface area contributed by atoms with E-state index >= 15 is 0 Å². The van der Waals surface area contributed by atoms with Crippen molar-refractivity contribution >= 4 is 17.3 Å². The number of nitrogens with one attached hydrogen (secondary N) is 1. The topological polar surface area (TPSA) is 48.5 Å². The number of hydrogen-bond donors (Lipinski definition) is 1. The number of nitrogens with zero attached hydrogens (tertiary/aromatic N) is 3. The number of pyridine rings is 1. The van der Waals surface area contributed by atoms with Crippen LogP contribution >= 0.6 is 0 Å². The van der Waals surface area contributed by atoms with Crippen LogP contribution in [0.1, 0.15) is 16.8 Å². The summed E-state index contributed by atoms with van der Waals surface area (Å²) >= 11 is 0. The Balaban J connectivity index is 1.44. The number of carbonyl (C=O) groups excluding carboxylic acids is 1. The molecule has 5 nitrogen and oxygen atoms in total. The summed E-state index contributed by atoms with van der Waals surface area (Å²) in [6.45, 7) is 2.25. The van der Waals surface area contributed by atoms with Crippen LogP contribution in [-0.4, -0.2) is 36.6 Å². The van der Waals surface area contributed by atoms with Crippen molar-refractivity contribution in [3.8, 4) is 0 Å². The summed E-state index contributed by atoms with van der Waals surface area (Å²) in [6, 6.07) is 19.2. The average Bonchev–Trinajstić information content (AvgIpc) is 2.86. The molecular formula is C26H25F3N4O. The zero-order valence-electron chi connectivity index (χ0n) is 18.5. The van der Waals surface area contributed by atoms with Gasteiger partial charge in [-0.1, -0.05) is 24.3 Å². The van der Waals surface area contributed by atoms with Gasteiger partial charge in [0.05, 0.1) is 29.8 Å². The molecule has 176 valence electrons. The van der Waals surface area contributed by atoms with Crippen LogP contribution in [0.5, 0.6) is 0 Å². The number of para-hydroxylation sites is 1. The second-order valence-corrected chi connectivity index (χ2v) is 8.73. The summed E-state index contributed by atoms with van der Waals surface area (Å²) in [5, 5.41) is 2.96. The maximum Gasteiger partial charge on any atom is 0.416 e. The van der Waals surface area contributed by atoms with Gasteiger partial charge in [-0.3, -0.25) is 9.78 Å². The third-order valence-corrected chi connectivity index (χ3v) is 6.67. The van der Waals surface area contributed by atoms with Gasteiger partial charge in [-0.15, -0.1) is 0 Å². The smallest absolute Gasteiger partial charge is 0.368 e. The molecule has 1 N–H and O–H groups in total. The van der Waals surface area contributed by atoms with Crippen molar-refractivity contribution in [2.24, 2.45) is 5.92 Å². The first-order valence-electron chi connectivity index (χ1n) is 11.3. The van der Waals surface area contributed by atoms with Gasteiger partial charge in [-0.05, 0) is 54.4 Å². The van der Waals surface area contributed by atoms with Crippen molar-refractivity contribution in [2.75, 3.05) is 29.4 Å². The van der Waals surface area contributed by atoms with Crippen LogP contribution < -0.4 is 15.1 Å². The number of hydrogen-bond acceptors (Lipinski definition) is 4. The largest absolute Gasteiger partial charge is 0.416 e. The van der Waals surface area contributed by atoms with E-state index in [2.05, 4.69) is 20.1 Å². The van der Waals surface area contributed by atoms with E-state index < -0.39 is 17.7 Å². The predicted octanol–water partition coefficient (Wildman–Crippen LogP) is 4.28. The number of fused-ring (bicyclic) bond motifs is 3. The van der Waals surface area contributed by atoms with Gasteiger partial charge in [0.1, 0.15) is 0 Å². The van der Waals surface area contributed by atoms with Crippen molar-refractivity contribution in [1.82, 2.24) is 10.3 Å². The second kappa shape index (κ2) is 9.00. The summed E-state index contributed by atoms with van der Waals surface area (Å²) in [5.74, 6) is -0.648. The fourth-order valence-corrected chi connectivity index (χ4v) is 4.98. The molecule has 34 heavy (non-hydrogen) atoms. The lowest BCUT2D eigenvalue weighted by Crippen LogP contribution is -2.61. The molecule has 0 radical (unpaired) electrons. The lowest BCUT2D eigenvalue weighted by Gasteiger charge is -2.49. The molecule has 5 rings (SSSR count). The van der Waals surface area contributed by atoms with Crippen molar-refractivity contribution in [3.05, 3.63) is 89.7 Å². The van der Waals surface area contributed by atoms with Crippen molar-refractivity contribution in [3.63, 3.8) is 0 Å². The predicted molar refractivity (Wildman–Crippen MR) is 125 cm³/mol. The number of carbonyl (C=O) groups is 1. The van der Waals surface area contributed by atoms with E-state index in [9.17, 15) is 18.0 Å². The molecule has 0 aliphatic carbocycles. The molecule has 1 fully saturated rings. The number of halogens is 3. The number of alkyl halides is 3. The number of amides is 1. The van der Waals surface area contributed by atoms with E-state index in [0.717, 1.165) is 29.7 Å². The third-order valence-electron chi connectivity index (χ3n) is 6.67. The quantitative estimate of drug-likeness (QED) is 0.624. The Hall–Kier alpha value is -3.55. The Morgan fingerprint density at radius 2 is 1.82 bits per heavy atom. The minimum absolute atomic E-state index is 0.151. The second-order valence-electron chi connectivity index (χ2n) is 8.73. The van der Waals surface area contributed by atoms with Crippen LogP contribution in [0.15, 0.2) is 72.9 Å². The number of rotatable bonds is 4. The molecule has 2 aromatic carbocycles. The number of anilines is 2. The van der Waals surface area contributed by atoms with Gasteiger partial charge in [-0.2, -0.15) is 13.2 Å². The molecule has 0 spiro atoms. The van der Waals surface area contributed by atoms with Crippen LogP contribution in [0.3, 0.4) is 0 Å². The summed E-state index contributed by atoms with van der Waals surface area (Å²) in [7, 11) is 0. The Kier molecular flexibility index (Phi) is 5.89. The monoisotopic (exact) mass is 466 g/mol. The fourth-order valence-electron chi connectivity index (χ4n) is 4.98. The Labute approximate surface area is 196 Å². The molecule has 2 atom stereocenters. The highest BCUT2D eigenvalue weighted by Crippen LogP contribution is 2.40. The molecule has 0 bridgehead atoms. The molecule has 1 amide bonds. The molecular weight excluding hydrogens is 441 g/mol. The van der Waals surface area contributed by atoms with Gasteiger partial charge in [-0.25, -0.2) is 0 Å². The van der Waals surface area contributed by atoms with Crippen molar-refractivity contribution in [1.29, 1.82) is 0 Å². The van der Waals surface area contributed by atoms with Gasteiger partial charge in [0.2, 0.25) is 5.91 Å². The minimum Gasteiger partial charge on any atom is -0.368 e. The maximum atomic E-state index is 13.4. The Bertz CT molecular complexity index is 1150. The number of piperazine rings is 1. The number of benzene rings is 2. The van der Waals surface area contributed by atoms with Crippen LogP contribution in [0, 0.1) is 5.92 Å². The maximum absolute atomic E-state index is 13.4. The first kappa shape index (κ1) is 22.3. The molecule has 0 saturated carbocycles. The standard InChI is InChI=1S/C26H25F3N4O/c27-26(28,29)19-9-10-23-18(14-19)15-22(25(34)31-16-20-6-4-5-11-30-20)24-17-32(12-13-33(23)24)21-7-2-1-3-8-21/h1-11,14,22,24H,12-13,15-17H2,(H,31,34)/t22-,24+/m1/s1. The molecule has 3 aromatic rings. The molecule has 2 aliphatic heterocycles. The van der Waals surface area contributed by atoms with E-state index in [0.29, 0.717) is 18.7 Å². The minimum atomic E-state index is -4.42. The summed E-state index contributed by atoms with van der Waals surface area (Å²) in [6.07, 6.45) is -2.50. The van der Waals surface area contributed by atoms with E-state index in [1.807, 2.05) is 42.5 Å². The van der Waals surface area contributed by atoms with Gasteiger partial charge < -0.3 is 15.1 Å². The first-order valence-corrected chi connectivity index (χ1v) is 11.3. The SMILES string of the molecule is O=C(NCc1ccccn1)[C@@H]1Cc2cc(C(F)(F)F)ccc2N2CCN(c3ccccc3)C[C@@H]12. The van der Waals surface area contributed by atoms with Crippen LogP contribution in [0.25, 0.3) is 0 Å². The zero-order valence-corrected chi connectivity index (χ0v) is 18.5. The third kappa shape index (κ3) is 4.44. The normalized spacial score (nSPS) is 19.9. The average molecular weight is 467 g/mol. The summed E-state index contributed by atoms with van der Waals surface area (Å²) < 4.78 is 40.2. The van der Waals surface area contributed by atoms with Gasteiger partial charge in [0, 0.05) is 37.2 Å². The first-order chi connectivity index (χ1) is 16.4. The Morgan fingerprint density at radius 1 is 1.03 bits per heavy atom. The lowest BCUT2D eigenvalue weighted by atomic mass is 9.82. The fraction of sp³-hybridized carbons (Fsp3) is 0.308. The number of aromatic nitrogens is 1.